The largest absolute Gasteiger partial charge is 0.0842 e. The van der Waals surface area contributed by atoms with Gasteiger partial charge < -0.3 is 0 Å². The number of benzene rings is 1. The zero-order valence-corrected chi connectivity index (χ0v) is 8.71. The Kier molecular flexibility index (Phi) is 3.63. The van der Waals surface area contributed by atoms with Crippen LogP contribution in [0.15, 0.2) is 30.3 Å². The van der Waals surface area contributed by atoms with E-state index < -0.39 is 0 Å². The number of halogens is 1. The molecule has 0 aromatic heterocycles. The molecule has 1 heteroatoms. The van der Waals surface area contributed by atoms with Gasteiger partial charge in [-0.3, -0.25) is 0 Å². The summed E-state index contributed by atoms with van der Waals surface area (Å²) in [6, 6.07) is 8.38. The van der Waals surface area contributed by atoms with Gasteiger partial charge in [-0.1, -0.05) is 37.3 Å². The Morgan fingerprint density at radius 2 is 2.09 bits per heavy atom. The van der Waals surface area contributed by atoms with Crippen molar-refractivity contribution in [2.75, 3.05) is 0 Å². The molecule has 0 aliphatic rings. The summed E-state index contributed by atoms with van der Waals surface area (Å²) in [6.45, 7) is 2.15. The molecule has 0 saturated carbocycles. The third-order valence-electron chi connectivity index (χ3n) is 1.44. The summed E-state index contributed by atoms with van der Waals surface area (Å²) in [6.07, 6.45) is 5.45. The molecule has 0 fully saturated rings. The van der Waals surface area contributed by atoms with Crippen LogP contribution in [0, 0.1) is 3.57 Å². The molecule has 0 radical (unpaired) electrons. The molecule has 0 spiro atoms. The molecular weight excluding hydrogens is 247 g/mol. The normalized spacial score (nSPS) is 10.7. The van der Waals surface area contributed by atoms with Crippen LogP contribution in [-0.4, -0.2) is 0 Å². The Morgan fingerprint density at radius 1 is 1.36 bits per heavy atom. The van der Waals surface area contributed by atoms with E-state index in [1.54, 1.807) is 0 Å². The Bertz CT molecular complexity index is 251. The van der Waals surface area contributed by atoms with Crippen molar-refractivity contribution in [3.05, 3.63) is 39.5 Å². The lowest BCUT2D eigenvalue weighted by atomic mass is 10.2. The fourth-order valence-corrected chi connectivity index (χ4v) is 1.42. The van der Waals surface area contributed by atoms with Crippen molar-refractivity contribution >= 4 is 28.7 Å². The molecule has 1 aromatic rings. The third kappa shape index (κ3) is 2.66. The number of hydrogen-bond acceptors (Lipinski definition) is 0. The highest BCUT2D eigenvalue weighted by Gasteiger charge is 1.90. The van der Waals surface area contributed by atoms with Crippen molar-refractivity contribution in [3.8, 4) is 0 Å². The van der Waals surface area contributed by atoms with Crippen molar-refractivity contribution in [2.45, 2.75) is 13.3 Å². The summed E-state index contributed by atoms with van der Waals surface area (Å²) in [4.78, 5) is 0. The average molecular weight is 258 g/mol. The van der Waals surface area contributed by atoms with Crippen molar-refractivity contribution in [3.63, 3.8) is 0 Å². The van der Waals surface area contributed by atoms with Gasteiger partial charge in [0.15, 0.2) is 0 Å². The maximum atomic E-state index is 2.35. The average Bonchev–Trinajstić information content (AvgIpc) is 2.03. The summed E-state index contributed by atoms with van der Waals surface area (Å²) in [7, 11) is 0. The molecule has 1 rings (SSSR count). The zero-order valence-electron chi connectivity index (χ0n) is 6.55. The lowest BCUT2D eigenvalue weighted by molar-refractivity contribution is 1.23. The second-order valence-corrected chi connectivity index (χ2v) is 3.49. The van der Waals surface area contributed by atoms with Gasteiger partial charge in [0.25, 0.3) is 0 Å². The molecule has 1 aromatic carbocycles. The van der Waals surface area contributed by atoms with Gasteiger partial charge in [-0.2, -0.15) is 0 Å². The zero-order chi connectivity index (χ0) is 8.10. The van der Waals surface area contributed by atoms with Crippen LogP contribution in [0.5, 0.6) is 0 Å². The van der Waals surface area contributed by atoms with E-state index in [0.29, 0.717) is 0 Å². The highest BCUT2D eigenvalue weighted by atomic mass is 127. The SMILES string of the molecule is CC/C=C/c1ccccc1I. The van der Waals surface area contributed by atoms with Crippen molar-refractivity contribution < 1.29 is 0 Å². The number of rotatable bonds is 2. The van der Waals surface area contributed by atoms with E-state index in [0.717, 1.165) is 6.42 Å². The minimum Gasteiger partial charge on any atom is -0.0842 e. The Labute approximate surface area is 81.5 Å². The third-order valence-corrected chi connectivity index (χ3v) is 2.42. The topological polar surface area (TPSA) is 0 Å². The molecule has 11 heavy (non-hydrogen) atoms. The van der Waals surface area contributed by atoms with Crippen LogP contribution in [0.4, 0.5) is 0 Å². The predicted molar refractivity (Wildman–Crippen MR) is 58.5 cm³/mol. The van der Waals surface area contributed by atoms with Gasteiger partial charge in [-0.15, -0.1) is 0 Å². The van der Waals surface area contributed by atoms with Crippen LogP contribution >= 0.6 is 22.6 Å². The van der Waals surface area contributed by atoms with Gasteiger partial charge in [-0.25, -0.2) is 0 Å². The first-order valence-corrected chi connectivity index (χ1v) is 4.83. The minimum atomic E-state index is 1.10. The first kappa shape index (κ1) is 8.78. The Hall–Kier alpha value is -0.310. The highest BCUT2D eigenvalue weighted by Crippen LogP contribution is 2.12. The van der Waals surface area contributed by atoms with E-state index in [1.807, 2.05) is 0 Å². The first-order valence-electron chi connectivity index (χ1n) is 3.75. The summed E-state index contributed by atoms with van der Waals surface area (Å²) in [5.41, 5.74) is 1.31. The van der Waals surface area contributed by atoms with Gasteiger partial charge in [-0.05, 0) is 40.6 Å². The van der Waals surface area contributed by atoms with Crippen molar-refractivity contribution in [2.24, 2.45) is 0 Å². The maximum absolute atomic E-state index is 2.35. The van der Waals surface area contributed by atoms with E-state index in [9.17, 15) is 0 Å². The fraction of sp³-hybridized carbons (Fsp3) is 0.200. The summed E-state index contributed by atoms with van der Waals surface area (Å²) in [5.74, 6) is 0. The minimum absolute atomic E-state index is 1.10. The monoisotopic (exact) mass is 258 g/mol. The quantitative estimate of drug-likeness (QED) is 0.709. The summed E-state index contributed by atoms with van der Waals surface area (Å²) >= 11 is 2.35. The van der Waals surface area contributed by atoms with Gasteiger partial charge in [0.1, 0.15) is 0 Å². The fourth-order valence-electron chi connectivity index (χ4n) is 0.855. The van der Waals surface area contributed by atoms with E-state index in [4.69, 9.17) is 0 Å². The molecule has 0 aliphatic heterocycles. The molecule has 0 aliphatic carbocycles. The molecule has 0 N–H and O–H groups in total. The van der Waals surface area contributed by atoms with Crippen molar-refractivity contribution in [1.82, 2.24) is 0 Å². The molecule has 0 heterocycles. The smallest absolute Gasteiger partial charge is 0.0202 e. The molecule has 0 amide bonds. The maximum Gasteiger partial charge on any atom is 0.0202 e. The van der Waals surface area contributed by atoms with Gasteiger partial charge in [0.2, 0.25) is 0 Å². The van der Waals surface area contributed by atoms with Gasteiger partial charge in [0.05, 0.1) is 0 Å². The molecular formula is C10H11I. The summed E-state index contributed by atoms with van der Waals surface area (Å²) < 4.78 is 1.31. The van der Waals surface area contributed by atoms with E-state index in [1.165, 1.54) is 9.13 Å². The van der Waals surface area contributed by atoms with Gasteiger partial charge in [0, 0.05) is 3.57 Å². The molecule has 0 nitrogen and oxygen atoms in total. The lowest BCUT2D eigenvalue weighted by Gasteiger charge is -1.95. The van der Waals surface area contributed by atoms with E-state index in [-0.39, 0.29) is 0 Å². The van der Waals surface area contributed by atoms with Crippen LogP contribution in [0.25, 0.3) is 6.08 Å². The summed E-state index contributed by atoms with van der Waals surface area (Å²) in [5, 5.41) is 0. The molecule has 0 bridgehead atoms. The molecule has 0 unspecified atom stereocenters. The van der Waals surface area contributed by atoms with E-state index in [2.05, 4.69) is 65.9 Å². The van der Waals surface area contributed by atoms with Crippen LogP contribution in [0.3, 0.4) is 0 Å². The first-order chi connectivity index (χ1) is 5.34. The predicted octanol–water partition coefficient (Wildman–Crippen LogP) is 3.71. The van der Waals surface area contributed by atoms with Crippen LogP contribution in [0.1, 0.15) is 18.9 Å². The highest BCUT2D eigenvalue weighted by molar-refractivity contribution is 14.1. The second kappa shape index (κ2) is 4.54. The molecule has 0 saturated heterocycles. The van der Waals surface area contributed by atoms with Crippen LogP contribution in [-0.2, 0) is 0 Å². The number of allylic oxidation sites excluding steroid dienone is 1. The van der Waals surface area contributed by atoms with Gasteiger partial charge >= 0.3 is 0 Å². The lowest BCUT2D eigenvalue weighted by Crippen LogP contribution is -1.76. The standard InChI is InChI=1S/C10H11I/c1-2-3-6-9-7-4-5-8-10(9)11/h3-8H,2H2,1H3/b6-3+. The second-order valence-electron chi connectivity index (χ2n) is 2.33. The molecule has 0 atom stereocenters. The molecule has 58 valence electrons. The van der Waals surface area contributed by atoms with Crippen LogP contribution < -0.4 is 0 Å². The van der Waals surface area contributed by atoms with E-state index >= 15 is 0 Å². The Morgan fingerprint density at radius 3 is 2.73 bits per heavy atom. The number of hydrogen-bond donors (Lipinski definition) is 0. The Balaban J connectivity index is 2.86. The van der Waals surface area contributed by atoms with Crippen LogP contribution in [0.2, 0.25) is 0 Å². The van der Waals surface area contributed by atoms with Crippen molar-refractivity contribution in [1.29, 1.82) is 0 Å².